The van der Waals surface area contributed by atoms with Gasteiger partial charge in [0.1, 0.15) is 10.8 Å². The Morgan fingerprint density at radius 2 is 2.30 bits per heavy atom. The van der Waals surface area contributed by atoms with Crippen LogP contribution in [0.4, 0.5) is 4.39 Å². The SMILES string of the molecule is CSSc1ccc(F)cn1. The molecule has 0 aliphatic heterocycles. The molecule has 0 N–H and O–H groups in total. The Hall–Kier alpha value is -0.220. The summed E-state index contributed by atoms with van der Waals surface area (Å²) in [5.41, 5.74) is 0. The molecule has 0 fully saturated rings. The summed E-state index contributed by atoms with van der Waals surface area (Å²) in [5, 5.41) is 0.842. The Balaban J connectivity index is 2.69. The van der Waals surface area contributed by atoms with Gasteiger partial charge in [0.2, 0.25) is 0 Å². The summed E-state index contributed by atoms with van der Waals surface area (Å²) >= 11 is 0. The molecule has 54 valence electrons. The van der Waals surface area contributed by atoms with Crippen LogP contribution in [0.3, 0.4) is 0 Å². The molecule has 0 bridgehead atoms. The maximum atomic E-state index is 12.2. The fourth-order valence-corrected chi connectivity index (χ4v) is 1.70. The fraction of sp³-hybridized carbons (Fsp3) is 0.167. The van der Waals surface area contributed by atoms with Crippen molar-refractivity contribution in [3.63, 3.8) is 0 Å². The summed E-state index contributed by atoms with van der Waals surface area (Å²) < 4.78 is 12.2. The van der Waals surface area contributed by atoms with Crippen LogP contribution in [0.5, 0.6) is 0 Å². The lowest BCUT2D eigenvalue weighted by Crippen LogP contribution is -1.78. The normalized spacial score (nSPS) is 9.80. The lowest BCUT2D eigenvalue weighted by molar-refractivity contribution is 0.618. The van der Waals surface area contributed by atoms with E-state index in [0.29, 0.717) is 0 Å². The molecule has 1 heterocycles. The number of rotatable bonds is 2. The van der Waals surface area contributed by atoms with Crippen LogP contribution in [0.25, 0.3) is 0 Å². The minimum atomic E-state index is -0.287. The molecule has 0 saturated heterocycles. The smallest absolute Gasteiger partial charge is 0.141 e. The van der Waals surface area contributed by atoms with Gasteiger partial charge in [-0.25, -0.2) is 9.37 Å². The number of aromatic nitrogens is 1. The summed E-state index contributed by atoms with van der Waals surface area (Å²) in [4.78, 5) is 3.84. The predicted octanol–water partition coefficient (Wildman–Crippen LogP) is 2.59. The highest BCUT2D eigenvalue weighted by molar-refractivity contribution is 8.76. The van der Waals surface area contributed by atoms with E-state index in [1.54, 1.807) is 16.9 Å². The summed E-state index contributed by atoms with van der Waals surface area (Å²) in [6.07, 6.45) is 3.17. The molecule has 1 aromatic heterocycles. The first-order chi connectivity index (χ1) is 4.83. The van der Waals surface area contributed by atoms with Crippen LogP contribution in [-0.2, 0) is 0 Å². The van der Waals surface area contributed by atoms with Gasteiger partial charge in [-0.2, -0.15) is 0 Å². The van der Waals surface area contributed by atoms with Gasteiger partial charge in [0, 0.05) is 0 Å². The average Bonchev–Trinajstić information content (AvgIpc) is 1.95. The Bertz CT molecular complexity index is 199. The molecule has 0 atom stereocenters. The molecule has 1 aromatic rings. The molecule has 0 amide bonds. The Morgan fingerprint density at radius 1 is 1.50 bits per heavy atom. The summed E-state index contributed by atoms with van der Waals surface area (Å²) in [6.45, 7) is 0. The van der Waals surface area contributed by atoms with Gasteiger partial charge in [0.15, 0.2) is 0 Å². The van der Waals surface area contributed by atoms with Crippen LogP contribution in [0.15, 0.2) is 23.4 Å². The van der Waals surface area contributed by atoms with E-state index >= 15 is 0 Å². The number of pyridine rings is 1. The first-order valence-corrected chi connectivity index (χ1v) is 5.21. The van der Waals surface area contributed by atoms with Gasteiger partial charge in [-0.05, 0) is 29.2 Å². The Kier molecular flexibility index (Phi) is 3.02. The predicted molar refractivity (Wildman–Crippen MR) is 43.6 cm³/mol. The first kappa shape index (κ1) is 7.88. The second-order valence-electron chi connectivity index (χ2n) is 1.56. The zero-order valence-corrected chi connectivity index (χ0v) is 7.01. The minimum Gasteiger partial charge on any atom is -0.246 e. The van der Waals surface area contributed by atoms with Crippen LogP contribution in [0.2, 0.25) is 0 Å². The third-order valence-electron chi connectivity index (χ3n) is 0.869. The molecule has 0 aliphatic carbocycles. The Morgan fingerprint density at radius 3 is 2.80 bits per heavy atom. The average molecular weight is 175 g/mol. The van der Waals surface area contributed by atoms with Gasteiger partial charge in [-0.1, -0.05) is 10.8 Å². The lowest BCUT2D eigenvalue weighted by Gasteiger charge is -1.93. The van der Waals surface area contributed by atoms with Gasteiger partial charge in [0.25, 0.3) is 0 Å². The van der Waals surface area contributed by atoms with Crippen molar-refractivity contribution in [2.45, 2.75) is 5.03 Å². The molecule has 0 spiro atoms. The number of halogens is 1. The fourth-order valence-electron chi connectivity index (χ4n) is 0.497. The summed E-state index contributed by atoms with van der Waals surface area (Å²) in [6, 6.07) is 3.07. The zero-order valence-electron chi connectivity index (χ0n) is 5.37. The van der Waals surface area contributed by atoms with Gasteiger partial charge in [-0.3, -0.25) is 0 Å². The molecule has 1 rings (SSSR count). The van der Waals surface area contributed by atoms with Crippen LogP contribution >= 0.6 is 21.6 Å². The Labute approximate surface area is 66.8 Å². The zero-order chi connectivity index (χ0) is 7.40. The van der Waals surface area contributed by atoms with Gasteiger partial charge in [-0.15, -0.1) is 0 Å². The molecule has 0 radical (unpaired) electrons. The third-order valence-corrected chi connectivity index (χ3v) is 2.46. The number of nitrogens with zero attached hydrogens (tertiary/aromatic N) is 1. The third kappa shape index (κ3) is 2.19. The number of hydrogen-bond donors (Lipinski definition) is 0. The standard InChI is InChI=1S/C6H6FNS2/c1-9-10-6-3-2-5(7)4-8-6/h2-4H,1H3. The van der Waals surface area contributed by atoms with E-state index in [1.807, 2.05) is 6.26 Å². The van der Waals surface area contributed by atoms with Gasteiger partial charge >= 0.3 is 0 Å². The maximum absolute atomic E-state index is 12.2. The quantitative estimate of drug-likeness (QED) is 0.641. The van der Waals surface area contributed by atoms with Crippen molar-refractivity contribution in [3.8, 4) is 0 Å². The van der Waals surface area contributed by atoms with Crippen molar-refractivity contribution in [3.05, 3.63) is 24.1 Å². The topological polar surface area (TPSA) is 12.9 Å². The van der Waals surface area contributed by atoms with E-state index < -0.39 is 0 Å². The minimum absolute atomic E-state index is 0.287. The van der Waals surface area contributed by atoms with Crippen LogP contribution < -0.4 is 0 Å². The maximum Gasteiger partial charge on any atom is 0.141 e. The number of hydrogen-bond acceptors (Lipinski definition) is 3. The summed E-state index contributed by atoms with van der Waals surface area (Å²) in [7, 11) is 3.12. The molecule has 4 heteroatoms. The molecular weight excluding hydrogens is 169 g/mol. The van der Waals surface area contributed by atoms with E-state index in [9.17, 15) is 4.39 Å². The molecule has 0 aliphatic rings. The summed E-state index contributed by atoms with van der Waals surface area (Å²) in [5.74, 6) is -0.287. The first-order valence-electron chi connectivity index (χ1n) is 2.65. The van der Waals surface area contributed by atoms with Crippen molar-refractivity contribution in [1.82, 2.24) is 4.98 Å². The molecule has 10 heavy (non-hydrogen) atoms. The van der Waals surface area contributed by atoms with Gasteiger partial charge in [0.05, 0.1) is 6.20 Å². The van der Waals surface area contributed by atoms with Crippen LogP contribution in [-0.4, -0.2) is 11.2 Å². The highest BCUT2D eigenvalue weighted by atomic mass is 33.1. The molecule has 0 saturated carbocycles. The van der Waals surface area contributed by atoms with E-state index in [2.05, 4.69) is 4.98 Å². The van der Waals surface area contributed by atoms with E-state index in [-0.39, 0.29) is 5.82 Å². The highest BCUT2D eigenvalue weighted by Gasteiger charge is 1.92. The molecule has 0 aromatic carbocycles. The molecule has 0 unspecified atom stereocenters. The van der Waals surface area contributed by atoms with E-state index in [4.69, 9.17) is 0 Å². The second kappa shape index (κ2) is 3.83. The van der Waals surface area contributed by atoms with Crippen molar-refractivity contribution >= 4 is 21.6 Å². The second-order valence-corrected chi connectivity index (χ2v) is 3.98. The van der Waals surface area contributed by atoms with Gasteiger partial charge < -0.3 is 0 Å². The monoisotopic (exact) mass is 175 g/mol. The van der Waals surface area contributed by atoms with Crippen molar-refractivity contribution in [2.24, 2.45) is 0 Å². The van der Waals surface area contributed by atoms with Crippen molar-refractivity contribution in [1.29, 1.82) is 0 Å². The van der Waals surface area contributed by atoms with Crippen molar-refractivity contribution in [2.75, 3.05) is 6.26 Å². The van der Waals surface area contributed by atoms with Crippen LogP contribution in [0, 0.1) is 5.82 Å². The highest BCUT2D eigenvalue weighted by Crippen LogP contribution is 2.25. The largest absolute Gasteiger partial charge is 0.246 e. The van der Waals surface area contributed by atoms with E-state index in [1.165, 1.54) is 23.1 Å². The lowest BCUT2D eigenvalue weighted by atomic mass is 10.5. The van der Waals surface area contributed by atoms with Crippen LogP contribution in [0.1, 0.15) is 0 Å². The molecular formula is C6H6FNS2. The van der Waals surface area contributed by atoms with Crippen molar-refractivity contribution < 1.29 is 4.39 Å². The van der Waals surface area contributed by atoms with E-state index in [0.717, 1.165) is 5.03 Å². The molecule has 1 nitrogen and oxygen atoms in total.